The van der Waals surface area contributed by atoms with Gasteiger partial charge >= 0.3 is 0 Å². The summed E-state index contributed by atoms with van der Waals surface area (Å²) in [5.41, 5.74) is 2.55. The lowest BCUT2D eigenvalue weighted by Gasteiger charge is -2.07. The van der Waals surface area contributed by atoms with E-state index >= 15 is 0 Å². The molecule has 0 radical (unpaired) electrons. The first-order valence-electron chi connectivity index (χ1n) is 6.07. The molecule has 94 valence electrons. The summed E-state index contributed by atoms with van der Waals surface area (Å²) in [4.78, 5) is 10.8. The van der Waals surface area contributed by atoms with Crippen molar-refractivity contribution >= 4 is 5.91 Å². The molecule has 2 N–H and O–H groups in total. The van der Waals surface area contributed by atoms with Crippen molar-refractivity contribution in [3.05, 3.63) is 35.4 Å². The monoisotopic (exact) mass is 235 g/mol. The molecule has 3 heteroatoms. The van der Waals surface area contributed by atoms with Crippen LogP contribution in [0.5, 0.6) is 0 Å². The number of hydrogen-bond donors (Lipinski definition) is 2. The second kappa shape index (κ2) is 7.07. The molecule has 0 aromatic heterocycles. The van der Waals surface area contributed by atoms with Crippen molar-refractivity contribution < 1.29 is 9.90 Å². The Kier molecular flexibility index (Phi) is 5.70. The third kappa shape index (κ3) is 5.50. The van der Waals surface area contributed by atoms with Crippen LogP contribution in [-0.2, 0) is 17.6 Å². The molecule has 0 aliphatic carbocycles. The highest BCUT2D eigenvalue weighted by Gasteiger charge is 2.00. The van der Waals surface area contributed by atoms with Gasteiger partial charge < -0.3 is 10.4 Å². The number of rotatable bonds is 6. The molecule has 0 saturated carbocycles. The summed E-state index contributed by atoms with van der Waals surface area (Å²) in [5, 5.41) is 11.2. The van der Waals surface area contributed by atoms with E-state index in [0.29, 0.717) is 12.5 Å². The van der Waals surface area contributed by atoms with Crippen LogP contribution in [0.3, 0.4) is 0 Å². The average molecular weight is 235 g/mol. The van der Waals surface area contributed by atoms with E-state index in [4.69, 9.17) is 5.11 Å². The van der Waals surface area contributed by atoms with Gasteiger partial charge in [-0.15, -0.1) is 0 Å². The molecule has 0 atom stereocenters. The number of carbonyl (C=O) groups is 1. The van der Waals surface area contributed by atoms with Crippen molar-refractivity contribution in [2.45, 2.75) is 26.7 Å². The molecular weight excluding hydrogens is 214 g/mol. The minimum atomic E-state index is -0.437. The van der Waals surface area contributed by atoms with E-state index in [0.717, 1.165) is 12.8 Å². The fourth-order valence-electron chi connectivity index (χ4n) is 1.72. The summed E-state index contributed by atoms with van der Waals surface area (Å²) in [7, 11) is 0. The Hall–Kier alpha value is -1.35. The first kappa shape index (κ1) is 13.7. The van der Waals surface area contributed by atoms with Crippen molar-refractivity contribution in [2.24, 2.45) is 5.92 Å². The zero-order chi connectivity index (χ0) is 12.7. The highest BCUT2D eigenvalue weighted by molar-refractivity contribution is 5.76. The highest BCUT2D eigenvalue weighted by atomic mass is 16.3. The predicted octanol–water partition coefficient (Wildman–Crippen LogP) is 1.54. The number of nitrogens with one attached hydrogen (secondary N) is 1. The lowest BCUT2D eigenvalue weighted by molar-refractivity contribution is -0.123. The van der Waals surface area contributed by atoms with Crippen LogP contribution in [0.2, 0.25) is 0 Å². The Bertz CT molecular complexity index is 344. The number of aliphatic hydroxyl groups excluding tert-OH is 1. The molecule has 0 saturated heterocycles. The molecular formula is C14H21NO2. The van der Waals surface area contributed by atoms with E-state index in [-0.39, 0.29) is 5.91 Å². The Labute approximate surface area is 103 Å². The zero-order valence-corrected chi connectivity index (χ0v) is 10.6. The van der Waals surface area contributed by atoms with Crippen LogP contribution in [0.15, 0.2) is 24.3 Å². The third-order valence-corrected chi connectivity index (χ3v) is 2.55. The molecule has 1 aromatic carbocycles. The van der Waals surface area contributed by atoms with Crippen LogP contribution in [0, 0.1) is 5.92 Å². The summed E-state index contributed by atoms with van der Waals surface area (Å²) in [6, 6.07) is 8.48. The molecule has 0 spiro atoms. The second-order valence-corrected chi connectivity index (χ2v) is 4.67. The summed E-state index contributed by atoms with van der Waals surface area (Å²) < 4.78 is 0. The van der Waals surface area contributed by atoms with Crippen LogP contribution in [-0.4, -0.2) is 24.2 Å². The van der Waals surface area contributed by atoms with E-state index in [1.54, 1.807) is 0 Å². The fraction of sp³-hybridized carbons (Fsp3) is 0.500. The number of amides is 1. The maximum absolute atomic E-state index is 10.8. The van der Waals surface area contributed by atoms with Crippen molar-refractivity contribution in [2.75, 3.05) is 13.2 Å². The Morgan fingerprint density at radius 2 is 1.82 bits per heavy atom. The average Bonchev–Trinajstić information content (AvgIpc) is 2.30. The molecule has 0 aliphatic heterocycles. The molecule has 0 aliphatic rings. The lowest BCUT2D eigenvalue weighted by atomic mass is 10.0. The van der Waals surface area contributed by atoms with Gasteiger partial charge in [0.05, 0.1) is 0 Å². The van der Waals surface area contributed by atoms with Gasteiger partial charge in [0.15, 0.2) is 0 Å². The van der Waals surface area contributed by atoms with Crippen LogP contribution in [0.25, 0.3) is 0 Å². The maximum atomic E-state index is 10.8. The van der Waals surface area contributed by atoms with Crippen LogP contribution in [0.4, 0.5) is 0 Å². The molecule has 17 heavy (non-hydrogen) atoms. The van der Waals surface area contributed by atoms with E-state index < -0.39 is 6.61 Å². The smallest absolute Gasteiger partial charge is 0.245 e. The standard InChI is InChI=1S/C14H21NO2/c1-11(2)9-13-5-3-12(4-6-13)7-8-15-14(17)10-16/h3-6,11,16H,7-10H2,1-2H3,(H,15,17). The van der Waals surface area contributed by atoms with Gasteiger partial charge in [-0.1, -0.05) is 38.1 Å². The Morgan fingerprint density at radius 1 is 1.24 bits per heavy atom. The van der Waals surface area contributed by atoms with Gasteiger partial charge in [0.25, 0.3) is 0 Å². The first-order chi connectivity index (χ1) is 8.11. The molecule has 0 heterocycles. The first-order valence-corrected chi connectivity index (χ1v) is 6.07. The SMILES string of the molecule is CC(C)Cc1ccc(CCNC(=O)CO)cc1. The molecule has 1 amide bonds. The number of aliphatic hydroxyl groups is 1. The topological polar surface area (TPSA) is 49.3 Å². The normalized spacial score (nSPS) is 10.6. The molecule has 0 fully saturated rings. The third-order valence-electron chi connectivity index (χ3n) is 2.55. The van der Waals surface area contributed by atoms with Gasteiger partial charge in [-0.3, -0.25) is 4.79 Å². The summed E-state index contributed by atoms with van der Waals surface area (Å²) in [6.07, 6.45) is 1.90. The molecule has 1 aromatic rings. The zero-order valence-electron chi connectivity index (χ0n) is 10.6. The summed E-state index contributed by atoms with van der Waals surface area (Å²) >= 11 is 0. The number of carbonyl (C=O) groups excluding carboxylic acids is 1. The number of benzene rings is 1. The molecule has 1 rings (SSSR count). The van der Waals surface area contributed by atoms with Crippen molar-refractivity contribution in [3.8, 4) is 0 Å². The molecule has 0 bridgehead atoms. The summed E-state index contributed by atoms with van der Waals surface area (Å²) in [5.74, 6) is 0.353. The molecule has 0 unspecified atom stereocenters. The van der Waals surface area contributed by atoms with Gasteiger partial charge in [-0.2, -0.15) is 0 Å². The lowest BCUT2D eigenvalue weighted by Crippen LogP contribution is -2.28. The Balaban J connectivity index is 2.37. The maximum Gasteiger partial charge on any atom is 0.245 e. The minimum absolute atomic E-state index is 0.318. The van der Waals surface area contributed by atoms with Crippen molar-refractivity contribution in [3.63, 3.8) is 0 Å². The van der Waals surface area contributed by atoms with Gasteiger partial charge in [-0.05, 0) is 29.9 Å². The van der Waals surface area contributed by atoms with Crippen molar-refractivity contribution in [1.29, 1.82) is 0 Å². The van der Waals surface area contributed by atoms with Crippen LogP contribution >= 0.6 is 0 Å². The Morgan fingerprint density at radius 3 is 2.35 bits per heavy atom. The van der Waals surface area contributed by atoms with Crippen molar-refractivity contribution in [1.82, 2.24) is 5.32 Å². The van der Waals surface area contributed by atoms with E-state index in [1.165, 1.54) is 11.1 Å². The quantitative estimate of drug-likeness (QED) is 0.785. The van der Waals surface area contributed by atoms with E-state index in [1.807, 2.05) is 0 Å². The summed E-state index contributed by atoms with van der Waals surface area (Å²) in [6.45, 7) is 4.55. The van der Waals surface area contributed by atoms with Crippen LogP contribution in [0.1, 0.15) is 25.0 Å². The number of hydrogen-bond acceptors (Lipinski definition) is 2. The van der Waals surface area contributed by atoms with Gasteiger partial charge in [0.2, 0.25) is 5.91 Å². The second-order valence-electron chi connectivity index (χ2n) is 4.67. The molecule has 3 nitrogen and oxygen atoms in total. The van der Waals surface area contributed by atoms with Crippen LogP contribution < -0.4 is 5.32 Å². The van der Waals surface area contributed by atoms with Gasteiger partial charge in [0.1, 0.15) is 6.61 Å². The van der Waals surface area contributed by atoms with E-state index in [9.17, 15) is 4.79 Å². The van der Waals surface area contributed by atoms with E-state index in [2.05, 4.69) is 43.4 Å². The predicted molar refractivity (Wildman–Crippen MR) is 68.8 cm³/mol. The minimum Gasteiger partial charge on any atom is -0.387 e. The highest BCUT2D eigenvalue weighted by Crippen LogP contribution is 2.09. The fourth-order valence-corrected chi connectivity index (χ4v) is 1.72. The largest absolute Gasteiger partial charge is 0.387 e. The van der Waals surface area contributed by atoms with Gasteiger partial charge in [-0.25, -0.2) is 0 Å². The van der Waals surface area contributed by atoms with Gasteiger partial charge in [0, 0.05) is 6.54 Å².